The van der Waals surface area contributed by atoms with Crippen molar-refractivity contribution in [3.63, 3.8) is 0 Å². The average Bonchev–Trinajstić information content (AvgIpc) is 2.67. The van der Waals surface area contributed by atoms with Gasteiger partial charge in [-0.3, -0.25) is 4.79 Å². The number of fused-ring (bicyclic) bond motifs is 1. The number of rotatable bonds is 4. The fourth-order valence-corrected chi connectivity index (χ4v) is 3.13. The number of hydrogen-bond acceptors (Lipinski definition) is 2. The maximum Gasteiger partial charge on any atom is 0.196 e. The molecule has 0 fully saturated rings. The van der Waals surface area contributed by atoms with Crippen LogP contribution in [0, 0.1) is 0 Å². The quantitative estimate of drug-likeness (QED) is 0.530. The Morgan fingerprint density at radius 1 is 0.640 bits per heavy atom. The van der Waals surface area contributed by atoms with Crippen molar-refractivity contribution in [1.29, 1.82) is 0 Å². The topological polar surface area (TPSA) is 30.2 Å². The summed E-state index contributed by atoms with van der Waals surface area (Å²) >= 11 is 0. The standard InChI is InChI=1S/C23H18O2/c24-23-19-13-7-8-14-21(19)25-22(16-18-11-5-2-6-12-18)20(23)15-17-9-3-1-4-10-17/h1-14H,15-16H2. The molecule has 2 heteroatoms. The Balaban J connectivity index is 1.86. The van der Waals surface area contributed by atoms with Crippen molar-refractivity contribution in [2.75, 3.05) is 0 Å². The Morgan fingerprint density at radius 3 is 1.88 bits per heavy atom. The minimum atomic E-state index is 0.0663. The first kappa shape index (κ1) is 15.4. The van der Waals surface area contributed by atoms with Crippen LogP contribution in [0.2, 0.25) is 0 Å². The van der Waals surface area contributed by atoms with Crippen LogP contribution in [0.1, 0.15) is 22.5 Å². The zero-order valence-corrected chi connectivity index (χ0v) is 13.8. The van der Waals surface area contributed by atoms with Gasteiger partial charge >= 0.3 is 0 Å². The zero-order chi connectivity index (χ0) is 17.1. The summed E-state index contributed by atoms with van der Waals surface area (Å²) in [7, 11) is 0. The molecule has 4 aromatic rings. The molecule has 1 aromatic heterocycles. The molecule has 0 saturated heterocycles. The summed E-state index contributed by atoms with van der Waals surface area (Å²) in [6, 6.07) is 27.6. The van der Waals surface area contributed by atoms with Crippen LogP contribution in [0.3, 0.4) is 0 Å². The molecule has 0 aliphatic carbocycles. The molecule has 2 nitrogen and oxygen atoms in total. The summed E-state index contributed by atoms with van der Waals surface area (Å²) in [4.78, 5) is 13.1. The SMILES string of the molecule is O=c1c(Cc2ccccc2)c(Cc2ccccc2)oc2ccccc12. The predicted molar refractivity (Wildman–Crippen MR) is 101 cm³/mol. The van der Waals surface area contributed by atoms with Gasteiger partial charge in [-0.1, -0.05) is 72.8 Å². The minimum Gasteiger partial charge on any atom is -0.460 e. The normalized spacial score (nSPS) is 10.9. The second-order valence-corrected chi connectivity index (χ2v) is 6.15. The van der Waals surface area contributed by atoms with E-state index in [1.807, 2.05) is 72.8 Å². The van der Waals surface area contributed by atoms with Crippen molar-refractivity contribution in [2.24, 2.45) is 0 Å². The predicted octanol–water partition coefficient (Wildman–Crippen LogP) is 4.97. The Hall–Kier alpha value is -3.13. The Morgan fingerprint density at radius 2 is 1.20 bits per heavy atom. The van der Waals surface area contributed by atoms with E-state index in [9.17, 15) is 4.79 Å². The van der Waals surface area contributed by atoms with Crippen LogP contribution >= 0.6 is 0 Å². The Kier molecular flexibility index (Phi) is 4.17. The first-order valence-corrected chi connectivity index (χ1v) is 8.43. The van der Waals surface area contributed by atoms with Gasteiger partial charge in [0.05, 0.1) is 5.39 Å². The third kappa shape index (κ3) is 3.24. The third-order valence-corrected chi connectivity index (χ3v) is 4.41. The largest absolute Gasteiger partial charge is 0.460 e. The average molecular weight is 326 g/mol. The van der Waals surface area contributed by atoms with E-state index in [0.29, 0.717) is 23.8 Å². The molecule has 0 atom stereocenters. The highest BCUT2D eigenvalue weighted by Gasteiger charge is 2.15. The summed E-state index contributed by atoms with van der Waals surface area (Å²) < 4.78 is 6.15. The molecule has 3 aromatic carbocycles. The van der Waals surface area contributed by atoms with Gasteiger partial charge in [-0.25, -0.2) is 0 Å². The molecule has 122 valence electrons. The van der Waals surface area contributed by atoms with Gasteiger partial charge in [-0.05, 0) is 23.3 Å². The van der Waals surface area contributed by atoms with Gasteiger partial charge in [0.2, 0.25) is 0 Å². The van der Waals surface area contributed by atoms with E-state index in [1.54, 1.807) is 0 Å². The van der Waals surface area contributed by atoms with Gasteiger partial charge in [0.25, 0.3) is 0 Å². The second-order valence-electron chi connectivity index (χ2n) is 6.15. The molecule has 4 rings (SSSR count). The molecule has 0 saturated carbocycles. The molecule has 0 unspecified atom stereocenters. The van der Waals surface area contributed by atoms with Crippen LogP contribution in [0.4, 0.5) is 0 Å². The lowest BCUT2D eigenvalue weighted by molar-refractivity contribution is 0.540. The van der Waals surface area contributed by atoms with Crippen LogP contribution in [0.5, 0.6) is 0 Å². The smallest absolute Gasteiger partial charge is 0.196 e. The molecule has 0 aliphatic heterocycles. The van der Waals surface area contributed by atoms with E-state index in [4.69, 9.17) is 4.42 Å². The van der Waals surface area contributed by atoms with Gasteiger partial charge in [0.1, 0.15) is 11.3 Å². The number of benzene rings is 3. The maximum atomic E-state index is 13.1. The minimum absolute atomic E-state index is 0.0663. The van der Waals surface area contributed by atoms with Crippen LogP contribution in [0.25, 0.3) is 11.0 Å². The zero-order valence-electron chi connectivity index (χ0n) is 13.8. The molecule has 0 spiro atoms. The van der Waals surface area contributed by atoms with Crippen LogP contribution < -0.4 is 5.43 Å². The van der Waals surface area contributed by atoms with Crippen molar-refractivity contribution in [3.05, 3.63) is 118 Å². The first-order valence-electron chi connectivity index (χ1n) is 8.43. The number of para-hydroxylation sites is 1. The molecule has 0 N–H and O–H groups in total. The summed E-state index contributed by atoms with van der Waals surface area (Å²) in [6.45, 7) is 0. The monoisotopic (exact) mass is 326 g/mol. The highest BCUT2D eigenvalue weighted by Crippen LogP contribution is 2.21. The molecule has 0 aliphatic rings. The summed E-state index contributed by atoms with van der Waals surface area (Å²) in [5.41, 5.74) is 3.70. The molecule has 1 heterocycles. The summed E-state index contributed by atoms with van der Waals surface area (Å²) in [5.74, 6) is 0.749. The van der Waals surface area contributed by atoms with Crippen LogP contribution in [0.15, 0.2) is 94.1 Å². The van der Waals surface area contributed by atoms with Gasteiger partial charge in [-0.2, -0.15) is 0 Å². The molecule has 0 radical (unpaired) electrons. The van der Waals surface area contributed by atoms with Gasteiger partial charge in [0, 0.05) is 18.4 Å². The van der Waals surface area contributed by atoms with E-state index in [1.165, 1.54) is 0 Å². The fourth-order valence-electron chi connectivity index (χ4n) is 3.13. The van der Waals surface area contributed by atoms with Crippen molar-refractivity contribution in [1.82, 2.24) is 0 Å². The molecule has 0 amide bonds. The highest BCUT2D eigenvalue weighted by molar-refractivity contribution is 5.77. The highest BCUT2D eigenvalue weighted by atomic mass is 16.3. The lowest BCUT2D eigenvalue weighted by Crippen LogP contribution is -2.14. The van der Waals surface area contributed by atoms with Crippen molar-refractivity contribution < 1.29 is 4.42 Å². The Labute approximate surface area is 146 Å². The third-order valence-electron chi connectivity index (χ3n) is 4.41. The first-order chi connectivity index (χ1) is 12.3. The summed E-state index contributed by atoms with van der Waals surface area (Å²) in [6.07, 6.45) is 1.19. The molecule has 25 heavy (non-hydrogen) atoms. The van der Waals surface area contributed by atoms with E-state index < -0.39 is 0 Å². The number of hydrogen-bond donors (Lipinski definition) is 0. The van der Waals surface area contributed by atoms with Gasteiger partial charge in [0.15, 0.2) is 5.43 Å². The maximum absolute atomic E-state index is 13.1. The van der Waals surface area contributed by atoms with E-state index in [2.05, 4.69) is 12.1 Å². The second kappa shape index (κ2) is 6.78. The molecular formula is C23H18O2. The van der Waals surface area contributed by atoms with E-state index in [0.717, 1.165) is 22.5 Å². The lowest BCUT2D eigenvalue weighted by Gasteiger charge is -2.10. The van der Waals surface area contributed by atoms with Crippen molar-refractivity contribution >= 4 is 11.0 Å². The van der Waals surface area contributed by atoms with Gasteiger partial charge < -0.3 is 4.42 Å². The molecular weight excluding hydrogens is 308 g/mol. The molecule has 0 bridgehead atoms. The lowest BCUT2D eigenvalue weighted by atomic mass is 9.98. The van der Waals surface area contributed by atoms with E-state index in [-0.39, 0.29) is 5.43 Å². The fraction of sp³-hybridized carbons (Fsp3) is 0.0870. The van der Waals surface area contributed by atoms with Crippen LogP contribution in [-0.4, -0.2) is 0 Å². The summed E-state index contributed by atoms with van der Waals surface area (Å²) in [5, 5.41) is 0.644. The van der Waals surface area contributed by atoms with Crippen LogP contribution in [-0.2, 0) is 12.8 Å². The Bertz CT molecular complexity index is 1050. The van der Waals surface area contributed by atoms with E-state index >= 15 is 0 Å². The van der Waals surface area contributed by atoms with Crippen molar-refractivity contribution in [2.45, 2.75) is 12.8 Å². The van der Waals surface area contributed by atoms with Gasteiger partial charge in [-0.15, -0.1) is 0 Å². The van der Waals surface area contributed by atoms with Crippen molar-refractivity contribution in [3.8, 4) is 0 Å².